The molecule has 0 atom stereocenters. The van der Waals surface area contributed by atoms with E-state index in [9.17, 15) is 0 Å². The van der Waals surface area contributed by atoms with Crippen LogP contribution in [0.25, 0.3) is 98.0 Å². The lowest BCUT2D eigenvalue weighted by Crippen LogP contribution is -2.12. The summed E-state index contributed by atoms with van der Waals surface area (Å²) in [5, 5.41) is 14.8. The molecule has 12 aromatic rings. The zero-order chi connectivity index (χ0) is 40.3. The molecule has 0 bridgehead atoms. The van der Waals surface area contributed by atoms with E-state index in [1.807, 2.05) is 0 Å². The lowest BCUT2D eigenvalue weighted by atomic mass is 9.84. The van der Waals surface area contributed by atoms with Crippen LogP contribution in [0.2, 0.25) is 0 Å². The Bertz CT molecular complexity index is 3520. The van der Waals surface area contributed by atoms with Crippen LogP contribution in [-0.4, -0.2) is 0 Å². The first kappa shape index (κ1) is 35.0. The Kier molecular flexibility index (Phi) is 8.25. The third-order valence-electron chi connectivity index (χ3n) is 12.6. The smallest absolute Gasteiger partial charge is 0.0546 e. The van der Waals surface area contributed by atoms with Crippen molar-refractivity contribution in [1.82, 2.24) is 0 Å². The zero-order valence-electron chi connectivity index (χ0n) is 33.5. The van der Waals surface area contributed by atoms with Gasteiger partial charge < -0.3 is 4.90 Å². The van der Waals surface area contributed by atoms with Crippen molar-refractivity contribution in [2.45, 2.75) is 0 Å². The fraction of sp³-hybridized carbons (Fsp3) is 0. The Labute approximate surface area is 355 Å². The van der Waals surface area contributed by atoms with Gasteiger partial charge in [0.05, 0.1) is 17.1 Å². The van der Waals surface area contributed by atoms with Crippen LogP contribution in [0.5, 0.6) is 0 Å². The van der Waals surface area contributed by atoms with E-state index in [0.29, 0.717) is 0 Å². The monoisotopic (exact) mass is 773 g/mol. The van der Waals surface area contributed by atoms with Crippen LogP contribution in [0.15, 0.2) is 237 Å². The van der Waals surface area contributed by atoms with Gasteiger partial charge in [-0.05, 0) is 106 Å². The third-order valence-corrected chi connectivity index (χ3v) is 12.6. The van der Waals surface area contributed by atoms with Crippen molar-refractivity contribution in [3.05, 3.63) is 237 Å². The van der Waals surface area contributed by atoms with Gasteiger partial charge in [-0.2, -0.15) is 0 Å². The van der Waals surface area contributed by atoms with Crippen molar-refractivity contribution >= 4 is 81.7 Å². The van der Waals surface area contributed by atoms with Gasteiger partial charge in [0, 0.05) is 16.3 Å². The van der Waals surface area contributed by atoms with Gasteiger partial charge in [-0.25, -0.2) is 0 Å². The Morgan fingerprint density at radius 1 is 0.213 bits per heavy atom. The fourth-order valence-corrected chi connectivity index (χ4v) is 9.91. The summed E-state index contributed by atoms with van der Waals surface area (Å²) in [5.74, 6) is 0. The summed E-state index contributed by atoms with van der Waals surface area (Å²) in [7, 11) is 0. The molecule has 0 unspecified atom stereocenters. The van der Waals surface area contributed by atoms with Crippen LogP contribution in [0.4, 0.5) is 17.1 Å². The molecule has 0 spiro atoms. The maximum Gasteiger partial charge on any atom is 0.0546 e. The van der Waals surface area contributed by atoms with Crippen LogP contribution < -0.4 is 4.90 Å². The van der Waals surface area contributed by atoms with Crippen molar-refractivity contribution in [2.75, 3.05) is 4.90 Å². The van der Waals surface area contributed by atoms with Crippen LogP contribution >= 0.6 is 0 Å². The second kappa shape index (κ2) is 14.4. The molecule has 0 heterocycles. The minimum Gasteiger partial charge on any atom is -0.309 e. The molecule has 61 heavy (non-hydrogen) atoms. The fourth-order valence-electron chi connectivity index (χ4n) is 9.91. The highest BCUT2D eigenvalue weighted by molar-refractivity contribution is 6.23. The molecule has 1 heteroatoms. The number of hydrogen-bond donors (Lipinski definition) is 0. The highest BCUT2D eigenvalue weighted by Crippen LogP contribution is 2.50. The molecule has 0 aliphatic carbocycles. The molecule has 0 amide bonds. The van der Waals surface area contributed by atoms with Crippen LogP contribution in [0.1, 0.15) is 0 Å². The normalized spacial score (nSPS) is 11.6. The first-order valence-corrected chi connectivity index (χ1v) is 21.1. The highest BCUT2D eigenvalue weighted by Gasteiger charge is 2.24. The topological polar surface area (TPSA) is 3.24 Å². The minimum absolute atomic E-state index is 1.12. The van der Waals surface area contributed by atoms with Gasteiger partial charge >= 0.3 is 0 Å². The zero-order valence-corrected chi connectivity index (χ0v) is 33.5. The summed E-state index contributed by atoms with van der Waals surface area (Å²) in [6, 6.07) is 87.0. The van der Waals surface area contributed by atoms with E-state index in [1.54, 1.807) is 0 Å². The largest absolute Gasteiger partial charge is 0.309 e. The number of fused-ring (bicyclic) bond motifs is 9. The van der Waals surface area contributed by atoms with E-state index >= 15 is 0 Å². The quantitative estimate of drug-likeness (QED) is 0.152. The van der Waals surface area contributed by atoms with Gasteiger partial charge in [0.15, 0.2) is 0 Å². The second-order valence-corrected chi connectivity index (χ2v) is 16.0. The first-order valence-electron chi connectivity index (χ1n) is 21.1. The maximum absolute atomic E-state index is 2.54. The average molecular weight is 774 g/mol. The standard InChI is InChI=1S/C60H39N/c1-3-19-40(20-4-1)59-54-33-16-13-30-50(54)51-36-35-44(37-55(51)60(59)41-21-5-2-6-22-41)47-27-17-18-34-56(47)61(57-38-42-23-7-9-25-45(42)48-28-11-14-31-52(48)57)58-39-43-24-8-10-26-46(43)49-29-12-15-32-53(49)58/h1-39H. The summed E-state index contributed by atoms with van der Waals surface area (Å²) >= 11 is 0. The van der Waals surface area contributed by atoms with E-state index in [-0.39, 0.29) is 0 Å². The molecule has 0 saturated heterocycles. The number of nitrogens with zero attached hydrogens (tertiary/aromatic N) is 1. The van der Waals surface area contributed by atoms with Gasteiger partial charge in [-0.15, -0.1) is 0 Å². The van der Waals surface area contributed by atoms with E-state index in [4.69, 9.17) is 0 Å². The summed E-state index contributed by atoms with van der Waals surface area (Å²) in [6.45, 7) is 0. The number of para-hydroxylation sites is 1. The molecule has 12 rings (SSSR count). The van der Waals surface area contributed by atoms with Gasteiger partial charge in [0.1, 0.15) is 0 Å². The molecule has 0 aliphatic heterocycles. The van der Waals surface area contributed by atoms with Crippen LogP contribution in [-0.2, 0) is 0 Å². The molecule has 0 N–H and O–H groups in total. The summed E-state index contributed by atoms with van der Waals surface area (Å²) in [5.41, 5.74) is 10.6. The number of anilines is 3. The van der Waals surface area contributed by atoms with Gasteiger partial charge in [-0.3, -0.25) is 0 Å². The van der Waals surface area contributed by atoms with Crippen LogP contribution in [0.3, 0.4) is 0 Å². The van der Waals surface area contributed by atoms with Gasteiger partial charge in [0.25, 0.3) is 0 Å². The highest BCUT2D eigenvalue weighted by atomic mass is 15.1. The number of benzene rings is 12. The minimum atomic E-state index is 1.12. The van der Waals surface area contributed by atoms with Crippen molar-refractivity contribution in [3.8, 4) is 33.4 Å². The van der Waals surface area contributed by atoms with E-state index in [0.717, 1.165) is 28.2 Å². The molecule has 0 saturated carbocycles. The second-order valence-electron chi connectivity index (χ2n) is 16.0. The predicted octanol–water partition coefficient (Wildman–Crippen LogP) is 17.1. The molecule has 284 valence electrons. The third kappa shape index (κ3) is 5.70. The predicted molar refractivity (Wildman–Crippen MR) is 262 cm³/mol. The molecule has 1 nitrogen and oxygen atoms in total. The molecular formula is C60H39N. The Hall–Kier alpha value is -8.00. The lowest BCUT2D eigenvalue weighted by Gasteiger charge is -2.31. The van der Waals surface area contributed by atoms with E-state index in [2.05, 4.69) is 241 Å². The molecule has 0 radical (unpaired) electrons. The molecule has 0 aliphatic rings. The van der Waals surface area contributed by atoms with E-state index in [1.165, 1.54) is 86.9 Å². The number of rotatable bonds is 6. The number of hydrogen-bond acceptors (Lipinski definition) is 1. The molecule has 0 fully saturated rings. The molecular weight excluding hydrogens is 735 g/mol. The summed E-state index contributed by atoms with van der Waals surface area (Å²) in [6.07, 6.45) is 0. The van der Waals surface area contributed by atoms with Crippen molar-refractivity contribution in [1.29, 1.82) is 0 Å². The Morgan fingerprint density at radius 2 is 0.607 bits per heavy atom. The van der Waals surface area contributed by atoms with Gasteiger partial charge in [-0.1, -0.05) is 212 Å². The summed E-state index contributed by atoms with van der Waals surface area (Å²) < 4.78 is 0. The van der Waals surface area contributed by atoms with E-state index < -0.39 is 0 Å². The van der Waals surface area contributed by atoms with Crippen molar-refractivity contribution < 1.29 is 0 Å². The Balaban J connectivity index is 1.20. The van der Waals surface area contributed by atoms with Crippen LogP contribution in [0, 0.1) is 0 Å². The lowest BCUT2D eigenvalue weighted by molar-refractivity contribution is 1.32. The van der Waals surface area contributed by atoms with Crippen molar-refractivity contribution in [2.24, 2.45) is 0 Å². The maximum atomic E-state index is 2.54. The molecule has 0 aromatic heterocycles. The van der Waals surface area contributed by atoms with Crippen molar-refractivity contribution in [3.63, 3.8) is 0 Å². The SMILES string of the molecule is c1ccc(-c2c(-c3ccccc3)c3cc(-c4ccccc4N(c4cc5ccccc5c5ccccc45)c4cc5ccccc5c5ccccc45)ccc3c3ccccc23)cc1. The molecule has 12 aromatic carbocycles. The Morgan fingerprint density at radius 3 is 1.16 bits per heavy atom. The average Bonchev–Trinajstić information content (AvgIpc) is 3.34. The van der Waals surface area contributed by atoms with Gasteiger partial charge in [0.2, 0.25) is 0 Å². The first-order chi connectivity index (χ1) is 30.3. The summed E-state index contributed by atoms with van der Waals surface area (Å²) in [4.78, 5) is 2.54.